The van der Waals surface area contributed by atoms with Crippen LogP contribution in [0, 0.1) is 5.92 Å². The average Bonchev–Trinajstić information content (AvgIpc) is 2.17. The van der Waals surface area contributed by atoms with Gasteiger partial charge in [-0.15, -0.1) is 0 Å². The van der Waals surface area contributed by atoms with Crippen LogP contribution in [0.1, 0.15) is 12.8 Å². The van der Waals surface area contributed by atoms with Gasteiger partial charge in [0.15, 0.2) is 0 Å². The third-order valence-electron chi connectivity index (χ3n) is 3.12. The molecule has 0 aromatic rings. The van der Waals surface area contributed by atoms with Crippen molar-refractivity contribution in [3.63, 3.8) is 0 Å². The van der Waals surface area contributed by atoms with Crippen molar-refractivity contribution in [1.29, 1.82) is 0 Å². The van der Waals surface area contributed by atoms with Crippen molar-refractivity contribution in [2.24, 2.45) is 5.92 Å². The lowest BCUT2D eigenvalue weighted by Gasteiger charge is -2.37. The molecule has 1 amide bonds. The monoisotopic (exact) mass is 197 g/mol. The van der Waals surface area contributed by atoms with Gasteiger partial charge in [0.2, 0.25) is 5.91 Å². The van der Waals surface area contributed by atoms with Gasteiger partial charge in [-0.3, -0.25) is 4.79 Å². The average molecular weight is 197 g/mol. The second-order valence-corrected chi connectivity index (χ2v) is 4.45. The lowest BCUT2D eigenvalue weighted by atomic mass is 9.96. The maximum atomic E-state index is 11.8. The molecule has 2 N–H and O–H groups in total. The molecule has 2 saturated heterocycles. The Bertz CT molecular complexity index is 207. The van der Waals surface area contributed by atoms with Crippen molar-refractivity contribution in [3.8, 4) is 0 Å². The molecule has 4 heteroatoms. The molecule has 2 fully saturated rings. The summed E-state index contributed by atoms with van der Waals surface area (Å²) in [6, 6.07) is 0.405. The van der Waals surface area contributed by atoms with E-state index in [9.17, 15) is 4.79 Å². The van der Waals surface area contributed by atoms with Crippen molar-refractivity contribution < 1.29 is 4.79 Å². The molecule has 80 valence electrons. The Hall–Kier alpha value is -0.610. The molecular weight excluding hydrogens is 178 g/mol. The fraction of sp³-hybridized carbons (Fsp3) is 0.900. The molecule has 0 unspecified atom stereocenters. The highest BCUT2D eigenvalue weighted by Gasteiger charge is 2.28. The molecule has 0 aromatic carbocycles. The number of amides is 1. The van der Waals surface area contributed by atoms with Crippen molar-refractivity contribution in [2.75, 3.05) is 33.2 Å². The van der Waals surface area contributed by atoms with E-state index in [1.165, 1.54) is 0 Å². The number of hydrogen-bond acceptors (Lipinski definition) is 3. The number of nitrogens with one attached hydrogen (secondary N) is 2. The van der Waals surface area contributed by atoms with E-state index < -0.39 is 0 Å². The van der Waals surface area contributed by atoms with E-state index >= 15 is 0 Å². The van der Waals surface area contributed by atoms with Gasteiger partial charge in [-0.2, -0.15) is 0 Å². The van der Waals surface area contributed by atoms with Crippen LogP contribution < -0.4 is 10.6 Å². The van der Waals surface area contributed by atoms with Gasteiger partial charge in [0, 0.05) is 19.0 Å². The topological polar surface area (TPSA) is 44.4 Å². The van der Waals surface area contributed by atoms with Gasteiger partial charge in [0.1, 0.15) is 0 Å². The molecule has 4 nitrogen and oxygen atoms in total. The standard InChI is InChI=1S/C10H19N3O/c1-13-6-9(7-13)12-10(14)8-2-4-11-5-3-8/h8-9,11H,2-7H2,1H3,(H,12,14). The number of likely N-dealkylation sites (tertiary alicyclic amines) is 1. The van der Waals surface area contributed by atoms with E-state index in [2.05, 4.69) is 22.6 Å². The van der Waals surface area contributed by atoms with Gasteiger partial charge in [-0.05, 0) is 33.0 Å². The molecule has 2 heterocycles. The molecule has 0 radical (unpaired) electrons. The smallest absolute Gasteiger partial charge is 0.223 e. The molecule has 2 aliphatic heterocycles. The Labute approximate surface area is 85.0 Å². The number of carbonyl (C=O) groups is 1. The fourth-order valence-corrected chi connectivity index (χ4v) is 2.19. The number of rotatable bonds is 2. The predicted octanol–water partition coefficient (Wildman–Crippen LogP) is -0.584. The second-order valence-electron chi connectivity index (χ2n) is 4.45. The molecular formula is C10H19N3O. The predicted molar refractivity (Wildman–Crippen MR) is 55.0 cm³/mol. The summed E-state index contributed by atoms with van der Waals surface area (Å²) in [5, 5.41) is 6.38. The van der Waals surface area contributed by atoms with Gasteiger partial charge >= 0.3 is 0 Å². The van der Waals surface area contributed by atoms with Crippen molar-refractivity contribution >= 4 is 5.91 Å². The van der Waals surface area contributed by atoms with Gasteiger partial charge < -0.3 is 15.5 Å². The largest absolute Gasteiger partial charge is 0.351 e. The summed E-state index contributed by atoms with van der Waals surface area (Å²) in [6.45, 7) is 4.00. The fourth-order valence-electron chi connectivity index (χ4n) is 2.19. The van der Waals surface area contributed by atoms with Crippen LogP contribution in [0.15, 0.2) is 0 Å². The zero-order valence-corrected chi connectivity index (χ0v) is 8.75. The zero-order chi connectivity index (χ0) is 9.97. The summed E-state index contributed by atoms with van der Waals surface area (Å²) in [6.07, 6.45) is 1.99. The van der Waals surface area contributed by atoms with E-state index in [0.29, 0.717) is 6.04 Å². The van der Waals surface area contributed by atoms with Crippen LogP contribution in [0.4, 0.5) is 0 Å². The summed E-state index contributed by atoms with van der Waals surface area (Å²) < 4.78 is 0. The number of hydrogen-bond donors (Lipinski definition) is 2. The van der Waals surface area contributed by atoms with Crippen LogP contribution >= 0.6 is 0 Å². The van der Waals surface area contributed by atoms with Gasteiger partial charge in [-0.25, -0.2) is 0 Å². The first kappa shape index (κ1) is 9.93. The molecule has 0 bridgehead atoms. The van der Waals surface area contributed by atoms with Gasteiger partial charge in [0.05, 0.1) is 6.04 Å². The Morgan fingerprint density at radius 3 is 2.57 bits per heavy atom. The quantitative estimate of drug-likeness (QED) is 0.622. The molecule has 0 saturated carbocycles. The molecule has 0 atom stereocenters. The first-order valence-corrected chi connectivity index (χ1v) is 5.45. The zero-order valence-electron chi connectivity index (χ0n) is 8.75. The molecule has 0 aromatic heterocycles. The summed E-state index contributed by atoms with van der Waals surface area (Å²) in [4.78, 5) is 14.0. The minimum Gasteiger partial charge on any atom is -0.351 e. The van der Waals surface area contributed by atoms with E-state index in [1.807, 2.05) is 0 Å². The maximum Gasteiger partial charge on any atom is 0.223 e. The van der Waals surface area contributed by atoms with Crippen molar-refractivity contribution in [1.82, 2.24) is 15.5 Å². The first-order valence-electron chi connectivity index (χ1n) is 5.45. The van der Waals surface area contributed by atoms with Crippen LogP contribution in [0.3, 0.4) is 0 Å². The minimum absolute atomic E-state index is 0.252. The summed E-state index contributed by atoms with van der Waals surface area (Å²) >= 11 is 0. The van der Waals surface area contributed by atoms with E-state index in [0.717, 1.165) is 39.0 Å². The van der Waals surface area contributed by atoms with Crippen LogP contribution in [0.2, 0.25) is 0 Å². The van der Waals surface area contributed by atoms with Crippen LogP contribution in [-0.4, -0.2) is 50.1 Å². The van der Waals surface area contributed by atoms with Crippen molar-refractivity contribution in [2.45, 2.75) is 18.9 Å². The number of piperidine rings is 1. The van der Waals surface area contributed by atoms with Gasteiger partial charge in [0.25, 0.3) is 0 Å². The minimum atomic E-state index is 0.252. The Morgan fingerprint density at radius 1 is 1.36 bits per heavy atom. The lowest BCUT2D eigenvalue weighted by Crippen LogP contribution is -2.58. The highest BCUT2D eigenvalue weighted by atomic mass is 16.2. The summed E-state index contributed by atoms with van der Waals surface area (Å²) in [5.41, 5.74) is 0. The molecule has 2 rings (SSSR count). The molecule has 0 aliphatic carbocycles. The highest BCUT2D eigenvalue weighted by Crippen LogP contribution is 2.13. The van der Waals surface area contributed by atoms with E-state index in [1.54, 1.807) is 0 Å². The van der Waals surface area contributed by atoms with E-state index in [4.69, 9.17) is 0 Å². The van der Waals surface area contributed by atoms with Crippen LogP contribution in [-0.2, 0) is 4.79 Å². The first-order chi connectivity index (χ1) is 6.75. The Morgan fingerprint density at radius 2 is 2.00 bits per heavy atom. The maximum absolute atomic E-state index is 11.8. The normalized spacial score (nSPS) is 25.8. The third-order valence-corrected chi connectivity index (χ3v) is 3.12. The molecule has 0 spiro atoms. The SMILES string of the molecule is CN1CC(NC(=O)C2CCNCC2)C1. The Kier molecular flexibility index (Phi) is 3.03. The summed E-state index contributed by atoms with van der Waals surface area (Å²) in [5.74, 6) is 0.520. The van der Waals surface area contributed by atoms with Crippen LogP contribution in [0.5, 0.6) is 0 Å². The molecule has 14 heavy (non-hydrogen) atoms. The number of nitrogens with zero attached hydrogens (tertiary/aromatic N) is 1. The summed E-state index contributed by atoms with van der Waals surface area (Å²) in [7, 11) is 2.08. The van der Waals surface area contributed by atoms with Crippen LogP contribution in [0.25, 0.3) is 0 Å². The number of likely N-dealkylation sites (N-methyl/N-ethyl adjacent to an activating group) is 1. The second kappa shape index (κ2) is 4.28. The highest BCUT2D eigenvalue weighted by molar-refractivity contribution is 5.79. The van der Waals surface area contributed by atoms with Crippen molar-refractivity contribution in [3.05, 3.63) is 0 Å². The number of carbonyl (C=O) groups excluding carboxylic acids is 1. The van der Waals surface area contributed by atoms with Gasteiger partial charge in [-0.1, -0.05) is 0 Å². The third kappa shape index (κ3) is 2.25. The lowest BCUT2D eigenvalue weighted by molar-refractivity contribution is -0.127. The Balaban J connectivity index is 1.71. The molecule has 2 aliphatic rings. The van der Waals surface area contributed by atoms with E-state index in [-0.39, 0.29) is 11.8 Å².